The molecule has 5 heteroatoms. The average molecular weight is 239 g/mol. The first-order valence-electron chi connectivity index (χ1n) is 5.43. The molecule has 16 heavy (non-hydrogen) atoms. The van der Waals surface area contributed by atoms with Crippen molar-refractivity contribution in [3.05, 3.63) is 17.7 Å². The lowest BCUT2D eigenvalue weighted by Gasteiger charge is -2.21. The van der Waals surface area contributed by atoms with Crippen LogP contribution in [0.25, 0.3) is 0 Å². The summed E-state index contributed by atoms with van der Waals surface area (Å²) in [5.41, 5.74) is 0.709. The van der Waals surface area contributed by atoms with E-state index in [0.29, 0.717) is 10.6 Å². The van der Waals surface area contributed by atoms with Crippen LogP contribution >= 0.6 is 0 Å². The van der Waals surface area contributed by atoms with Crippen molar-refractivity contribution in [1.29, 1.82) is 4.78 Å². The van der Waals surface area contributed by atoms with Crippen LogP contribution in [0.15, 0.2) is 11.1 Å². The molecule has 0 saturated carbocycles. The summed E-state index contributed by atoms with van der Waals surface area (Å²) in [6, 6.07) is 0. The third kappa shape index (κ3) is 1.96. The molecule has 88 valence electrons. The highest BCUT2D eigenvalue weighted by Gasteiger charge is 2.25. The summed E-state index contributed by atoms with van der Waals surface area (Å²) < 4.78 is 19.8. The molecule has 0 aliphatic carbocycles. The molecule has 0 amide bonds. The highest BCUT2D eigenvalue weighted by atomic mass is 32.2. The molecule has 1 aliphatic rings. The summed E-state index contributed by atoms with van der Waals surface area (Å²) in [6.45, 7) is 6.15. The largest absolute Gasteiger partial charge is 0.249 e. The minimum Gasteiger partial charge on any atom is -0.249 e. The highest BCUT2D eigenvalue weighted by molar-refractivity contribution is 7.92. The van der Waals surface area contributed by atoms with Crippen LogP contribution in [0.2, 0.25) is 0 Å². The van der Waals surface area contributed by atoms with E-state index < -0.39 is 9.73 Å². The summed E-state index contributed by atoms with van der Waals surface area (Å²) >= 11 is 0. The molecule has 4 nitrogen and oxygen atoms in total. The van der Waals surface area contributed by atoms with Gasteiger partial charge in [-0.25, -0.2) is 19.0 Å². The van der Waals surface area contributed by atoms with Gasteiger partial charge in [0.1, 0.15) is 5.82 Å². The standard InChI is InChI=1S/C11H17N3OS/c1-11(2,3)10-13-7-9-8(14-10)5-4-6-16(9,12)15/h7,12H,4-6H2,1-3H3. The van der Waals surface area contributed by atoms with Gasteiger partial charge in [0.15, 0.2) is 0 Å². The van der Waals surface area contributed by atoms with E-state index in [4.69, 9.17) is 4.78 Å². The Kier molecular flexibility index (Phi) is 2.53. The Bertz CT molecular complexity index is 515. The van der Waals surface area contributed by atoms with Crippen molar-refractivity contribution in [2.24, 2.45) is 0 Å². The second-order valence-electron chi connectivity index (χ2n) is 5.24. The lowest BCUT2D eigenvalue weighted by Crippen LogP contribution is -2.22. The monoisotopic (exact) mass is 239 g/mol. The molecule has 1 unspecified atom stereocenters. The van der Waals surface area contributed by atoms with Crippen molar-refractivity contribution in [3.8, 4) is 0 Å². The molecule has 0 aromatic carbocycles. The smallest absolute Gasteiger partial charge is 0.133 e. The van der Waals surface area contributed by atoms with Gasteiger partial charge in [0.25, 0.3) is 0 Å². The molecular formula is C11H17N3OS. The molecule has 1 N–H and O–H groups in total. The molecule has 0 saturated heterocycles. The Labute approximate surface area is 96.5 Å². The second-order valence-corrected chi connectivity index (χ2v) is 7.44. The topological polar surface area (TPSA) is 66.7 Å². The van der Waals surface area contributed by atoms with Crippen LogP contribution < -0.4 is 0 Å². The van der Waals surface area contributed by atoms with Gasteiger partial charge in [0, 0.05) is 17.4 Å². The van der Waals surface area contributed by atoms with Crippen LogP contribution in [0.3, 0.4) is 0 Å². The zero-order chi connectivity index (χ0) is 12.0. The number of hydrogen-bond donors (Lipinski definition) is 1. The zero-order valence-electron chi connectivity index (χ0n) is 9.91. The van der Waals surface area contributed by atoms with Gasteiger partial charge in [-0.3, -0.25) is 0 Å². The molecule has 2 heterocycles. The SMILES string of the molecule is CC(C)(C)c1ncc2c(n1)CCCS2(=N)=O. The van der Waals surface area contributed by atoms with Crippen LogP contribution in [0.1, 0.15) is 38.7 Å². The maximum Gasteiger partial charge on any atom is 0.133 e. The maximum absolute atomic E-state index is 12.0. The fraction of sp³-hybridized carbons (Fsp3) is 0.636. The first-order chi connectivity index (χ1) is 7.31. The Morgan fingerprint density at radius 1 is 1.44 bits per heavy atom. The van der Waals surface area contributed by atoms with Gasteiger partial charge >= 0.3 is 0 Å². The fourth-order valence-electron chi connectivity index (χ4n) is 1.77. The summed E-state index contributed by atoms with van der Waals surface area (Å²) in [7, 11) is -2.63. The van der Waals surface area contributed by atoms with Crippen molar-refractivity contribution in [3.63, 3.8) is 0 Å². The molecule has 0 radical (unpaired) electrons. The normalized spacial score (nSPS) is 25.2. The minimum atomic E-state index is -2.63. The van der Waals surface area contributed by atoms with Crippen molar-refractivity contribution in [1.82, 2.24) is 9.97 Å². The summed E-state index contributed by atoms with van der Waals surface area (Å²) in [5, 5.41) is 0. The van der Waals surface area contributed by atoms with Gasteiger partial charge in [-0.1, -0.05) is 20.8 Å². The maximum atomic E-state index is 12.0. The van der Waals surface area contributed by atoms with E-state index in [1.54, 1.807) is 6.20 Å². The van der Waals surface area contributed by atoms with E-state index in [1.165, 1.54) is 0 Å². The van der Waals surface area contributed by atoms with Crippen molar-refractivity contribution in [2.75, 3.05) is 5.75 Å². The van der Waals surface area contributed by atoms with E-state index in [1.807, 2.05) is 0 Å². The number of aromatic nitrogens is 2. The lowest BCUT2D eigenvalue weighted by atomic mass is 9.95. The molecular weight excluding hydrogens is 222 g/mol. The predicted molar refractivity (Wildman–Crippen MR) is 63.0 cm³/mol. The van der Waals surface area contributed by atoms with Crippen LogP contribution in [0.5, 0.6) is 0 Å². The zero-order valence-corrected chi connectivity index (χ0v) is 10.7. The molecule has 0 fully saturated rings. The third-order valence-electron chi connectivity index (χ3n) is 2.70. The molecule has 1 atom stereocenters. The molecule has 2 rings (SSSR count). The molecule has 0 spiro atoms. The van der Waals surface area contributed by atoms with E-state index in [0.717, 1.165) is 24.4 Å². The molecule has 1 aliphatic heterocycles. The van der Waals surface area contributed by atoms with Gasteiger partial charge in [-0.2, -0.15) is 0 Å². The number of aryl methyl sites for hydroxylation is 1. The predicted octanol–water partition coefficient (Wildman–Crippen LogP) is 2.13. The molecule has 1 aromatic rings. The van der Waals surface area contributed by atoms with Crippen LogP contribution in [-0.2, 0) is 21.6 Å². The lowest BCUT2D eigenvalue weighted by molar-refractivity contribution is 0.535. The summed E-state index contributed by atoms with van der Waals surface area (Å²) in [4.78, 5) is 9.27. The molecule has 0 bridgehead atoms. The van der Waals surface area contributed by atoms with E-state index in [9.17, 15) is 4.21 Å². The quantitative estimate of drug-likeness (QED) is 0.754. The van der Waals surface area contributed by atoms with Gasteiger partial charge in [0.2, 0.25) is 0 Å². The van der Waals surface area contributed by atoms with Crippen LogP contribution in [-0.4, -0.2) is 19.9 Å². The third-order valence-corrected chi connectivity index (χ3v) is 4.62. The Balaban J connectivity index is 2.57. The Morgan fingerprint density at radius 3 is 2.75 bits per heavy atom. The second kappa shape index (κ2) is 3.52. The summed E-state index contributed by atoms with van der Waals surface area (Å²) in [6.07, 6.45) is 3.20. The van der Waals surface area contributed by atoms with Gasteiger partial charge in [-0.15, -0.1) is 0 Å². The Morgan fingerprint density at radius 2 is 2.12 bits per heavy atom. The average Bonchev–Trinajstić information content (AvgIpc) is 2.15. The number of rotatable bonds is 0. The fourth-order valence-corrected chi connectivity index (χ4v) is 3.30. The van der Waals surface area contributed by atoms with Gasteiger partial charge < -0.3 is 0 Å². The first-order valence-corrected chi connectivity index (χ1v) is 7.16. The number of nitrogens with one attached hydrogen (secondary N) is 1. The number of fused-ring (bicyclic) bond motifs is 1. The Hall–Kier alpha value is -0.970. The minimum absolute atomic E-state index is 0.102. The number of hydrogen-bond acceptors (Lipinski definition) is 4. The van der Waals surface area contributed by atoms with E-state index >= 15 is 0 Å². The van der Waals surface area contributed by atoms with Crippen molar-refractivity contribution < 1.29 is 4.21 Å². The molecule has 1 aromatic heterocycles. The van der Waals surface area contributed by atoms with Crippen molar-refractivity contribution in [2.45, 2.75) is 43.9 Å². The highest BCUT2D eigenvalue weighted by Crippen LogP contribution is 2.26. The van der Waals surface area contributed by atoms with Gasteiger partial charge in [-0.05, 0) is 12.8 Å². The number of nitrogens with zero attached hydrogens (tertiary/aromatic N) is 2. The van der Waals surface area contributed by atoms with E-state index in [2.05, 4.69) is 30.7 Å². The van der Waals surface area contributed by atoms with E-state index in [-0.39, 0.29) is 5.41 Å². The first kappa shape index (κ1) is 11.5. The van der Waals surface area contributed by atoms with Gasteiger partial charge in [0.05, 0.1) is 20.3 Å². The van der Waals surface area contributed by atoms with Crippen LogP contribution in [0, 0.1) is 4.78 Å². The van der Waals surface area contributed by atoms with Crippen molar-refractivity contribution >= 4 is 9.73 Å². The van der Waals surface area contributed by atoms with Crippen LogP contribution in [0.4, 0.5) is 0 Å². The summed E-state index contributed by atoms with van der Waals surface area (Å²) in [5.74, 6) is 1.21.